The van der Waals surface area contributed by atoms with Crippen LogP contribution in [0.15, 0.2) is 18.5 Å². The zero-order valence-electron chi connectivity index (χ0n) is 10.9. The molecule has 2 rings (SSSR count). The maximum Gasteiger partial charge on any atom is 0.222 e. The average molecular weight is 250 g/mol. The standard InChI is InChI=1S/C13H22N4O/c1-14-11-3-5-12(6-4-11)16-13(18)7-10-17-9-2-8-15-17/h2,8-9,11-12,14H,3-7,10H2,1H3,(H,16,18). The zero-order chi connectivity index (χ0) is 12.8. The van der Waals surface area contributed by atoms with Crippen molar-refractivity contribution in [3.05, 3.63) is 18.5 Å². The molecule has 0 unspecified atom stereocenters. The summed E-state index contributed by atoms with van der Waals surface area (Å²) >= 11 is 0. The number of nitrogens with zero attached hydrogens (tertiary/aromatic N) is 2. The van der Waals surface area contributed by atoms with E-state index in [0.717, 1.165) is 25.7 Å². The van der Waals surface area contributed by atoms with Gasteiger partial charge in [0.15, 0.2) is 0 Å². The van der Waals surface area contributed by atoms with Gasteiger partial charge in [-0.3, -0.25) is 9.48 Å². The third kappa shape index (κ3) is 3.84. The lowest BCUT2D eigenvalue weighted by atomic mass is 9.91. The number of rotatable bonds is 5. The number of aryl methyl sites for hydroxylation is 1. The molecule has 0 bridgehead atoms. The van der Waals surface area contributed by atoms with Gasteiger partial charge in [-0.2, -0.15) is 5.10 Å². The van der Waals surface area contributed by atoms with Crippen LogP contribution in [0.2, 0.25) is 0 Å². The molecule has 0 aliphatic heterocycles. The number of hydrogen-bond donors (Lipinski definition) is 2. The summed E-state index contributed by atoms with van der Waals surface area (Å²) in [4.78, 5) is 11.8. The van der Waals surface area contributed by atoms with Gasteiger partial charge in [0.2, 0.25) is 5.91 Å². The maximum absolute atomic E-state index is 11.8. The van der Waals surface area contributed by atoms with Gasteiger partial charge in [-0.1, -0.05) is 0 Å². The molecule has 0 saturated heterocycles. The Morgan fingerprint density at radius 2 is 2.06 bits per heavy atom. The van der Waals surface area contributed by atoms with E-state index in [9.17, 15) is 4.79 Å². The monoisotopic (exact) mass is 250 g/mol. The van der Waals surface area contributed by atoms with Gasteiger partial charge in [0.1, 0.15) is 0 Å². The number of carbonyl (C=O) groups excluding carboxylic acids is 1. The molecule has 5 nitrogen and oxygen atoms in total. The molecule has 1 fully saturated rings. The highest BCUT2D eigenvalue weighted by Crippen LogP contribution is 2.18. The Balaban J connectivity index is 1.65. The predicted molar refractivity (Wildman–Crippen MR) is 70.1 cm³/mol. The van der Waals surface area contributed by atoms with Crippen molar-refractivity contribution < 1.29 is 4.79 Å². The van der Waals surface area contributed by atoms with E-state index in [2.05, 4.69) is 15.7 Å². The first-order valence-corrected chi connectivity index (χ1v) is 6.72. The van der Waals surface area contributed by atoms with Crippen LogP contribution in [0.4, 0.5) is 0 Å². The Bertz CT molecular complexity index is 355. The number of carbonyl (C=O) groups is 1. The second-order valence-electron chi connectivity index (χ2n) is 4.92. The topological polar surface area (TPSA) is 58.9 Å². The minimum atomic E-state index is 0.137. The van der Waals surface area contributed by atoms with E-state index >= 15 is 0 Å². The van der Waals surface area contributed by atoms with E-state index in [4.69, 9.17) is 0 Å². The fraction of sp³-hybridized carbons (Fsp3) is 0.692. The van der Waals surface area contributed by atoms with Gasteiger partial charge >= 0.3 is 0 Å². The molecule has 1 aliphatic carbocycles. The average Bonchev–Trinajstić information content (AvgIpc) is 2.90. The van der Waals surface area contributed by atoms with Crippen LogP contribution in [-0.4, -0.2) is 34.8 Å². The molecule has 100 valence electrons. The summed E-state index contributed by atoms with van der Waals surface area (Å²) in [6.45, 7) is 0.657. The lowest BCUT2D eigenvalue weighted by Crippen LogP contribution is -2.41. The Morgan fingerprint density at radius 1 is 1.33 bits per heavy atom. The fourth-order valence-corrected chi connectivity index (χ4v) is 2.48. The van der Waals surface area contributed by atoms with Crippen LogP contribution >= 0.6 is 0 Å². The first-order valence-electron chi connectivity index (χ1n) is 6.72. The summed E-state index contributed by atoms with van der Waals surface area (Å²) in [5, 5.41) is 10.5. The van der Waals surface area contributed by atoms with E-state index in [-0.39, 0.29) is 5.91 Å². The molecule has 1 amide bonds. The van der Waals surface area contributed by atoms with Gasteiger partial charge in [0.25, 0.3) is 0 Å². The molecular formula is C13H22N4O. The molecule has 5 heteroatoms. The van der Waals surface area contributed by atoms with Crippen molar-refractivity contribution in [2.75, 3.05) is 7.05 Å². The van der Waals surface area contributed by atoms with Crippen LogP contribution in [0.1, 0.15) is 32.1 Å². The SMILES string of the molecule is CNC1CCC(NC(=O)CCn2cccn2)CC1. The molecule has 0 spiro atoms. The first kappa shape index (κ1) is 13.1. The summed E-state index contributed by atoms with van der Waals surface area (Å²) in [7, 11) is 2.01. The highest BCUT2D eigenvalue weighted by molar-refractivity contribution is 5.76. The molecular weight excluding hydrogens is 228 g/mol. The largest absolute Gasteiger partial charge is 0.353 e. The van der Waals surface area contributed by atoms with Crippen molar-refractivity contribution in [2.24, 2.45) is 0 Å². The van der Waals surface area contributed by atoms with Gasteiger partial charge in [0.05, 0.1) is 0 Å². The van der Waals surface area contributed by atoms with E-state index in [1.54, 1.807) is 10.9 Å². The van der Waals surface area contributed by atoms with Crippen LogP contribution in [0.3, 0.4) is 0 Å². The third-order valence-electron chi connectivity index (χ3n) is 3.63. The molecule has 0 aromatic carbocycles. The normalized spacial score (nSPS) is 23.8. The van der Waals surface area contributed by atoms with E-state index in [1.807, 2.05) is 19.3 Å². The van der Waals surface area contributed by atoms with Gasteiger partial charge < -0.3 is 10.6 Å². The van der Waals surface area contributed by atoms with Gasteiger partial charge in [-0.05, 0) is 38.8 Å². The third-order valence-corrected chi connectivity index (χ3v) is 3.63. The van der Waals surface area contributed by atoms with Crippen molar-refractivity contribution in [3.63, 3.8) is 0 Å². The van der Waals surface area contributed by atoms with Crippen molar-refractivity contribution in [1.29, 1.82) is 0 Å². The molecule has 0 radical (unpaired) electrons. The van der Waals surface area contributed by atoms with Gasteiger partial charge in [0, 0.05) is 37.4 Å². The number of hydrogen-bond acceptors (Lipinski definition) is 3. The number of aromatic nitrogens is 2. The minimum absolute atomic E-state index is 0.137. The van der Waals surface area contributed by atoms with Crippen molar-refractivity contribution in [1.82, 2.24) is 20.4 Å². The quantitative estimate of drug-likeness (QED) is 0.817. The second kappa shape index (κ2) is 6.54. The summed E-state index contributed by atoms with van der Waals surface area (Å²) < 4.78 is 1.79. The molecule has 1 aromatic heterocycles. The molecule has 18 heavy (non-hydrogen) atoms. The molecule has 0 atom stereocenters. The van der Waals surface area contributed by atoms with E-state index in [0.29, 0.717) is 25.0 Å². The van der Waals surface area contributed by atoms with Crippen LogP contribution in [-0.2, 0) is 11.3 Å². The van der Waals surface area contributed by atoms with Crippen molar-refractivity contribution >= 4 is 5.91 Å². The Kier molecular flexibility index (Phi) is 4.75. The van der Waals surface area contributed by atoms with Crippen LogP contribution < -0.4 is 10.6 Å². The molecule has 1 aromatic rings. The Hall–Kier alpha value is -1.36. The van der Waals surface area contributed by atoms with Crippen LogP contribution in [0.25, 0.3) is 0 Å². The fourth-order valence-electron chi connectivity index (χ4n) is 2.48. The van der Waals surface area contributed by atoms with Gasteiger partial charge in [-0.15, -0.1) is 0 Å². The summed E-state index contributed by atoms with van der Waals surface area (Å²) in [6.07, 6.45) is 8.59. The first-order chi connectivity index (χ1) is 8.78. The molecule has 1 heterocycles. The Morgan fingerprint density at radius 3 is 2.67 bits per heavy atom. The van der Waals surface area contributed by atoms with Crippen molar-refractivity contribution in [3.8, 4) is 0 Å². The summed E-state index contributed by atoms with van der Waals surface area (Å²) in [5.41, 5.74) is 0. The number of amides is 1. The lowest BCUT2D eigenvalue weighted by molar-refractivity contribution is -0.122. The number of nitrogens with one attached hydrogen (secondary N) is 2. The highest BCUT2D eigenvalue weighted by Gasteiger charge is 2.20. The van der Waals surface area contributed by atoms with E-state index in [1.165, 1.54) is 0 Å². The van der Waals surface area contributed by atoms with Crippen LogP contribution in [0, 0.1) is 0 Å². The predicted octanol–water partition coefficient (Wildman–Crippen LogP) is 0.920. The lowest BCUT2D eigenvalue weighted by Gasteiger charge is -2.28. The van der Waals surface area contributed by atoms with Crippen LogP contribution in [0.5, 0.6) is 0 Å². The summed E-state index contributed by atoms with van der Waals surface area (Å²) in [6, 6.07) is 2.86. The molecule has 2 N–H and O–H groups in total. The zero-order valence-corrected chi connectivity index (χ0v) is 10.9. The van der Waals surface area contributed by atoms with Gasteiger partial charge in [-0.25, -0.2) is 0 Å². The Labute approximate surface area is 108 Å². The summed E-state index contributed by atoms with van der Waals surface area (Å²) in [5.74, 6) is 0.137. The minimum Gasteiger partial charge on any atom is -0.353 e. The van der Waals surface area contributed by atoms with Crippen molar-refractivity contribution in [2.45, 2.75) is 50.7 Å². The second-order valence-corrected chi connectivity index (χ2v) is 4.92. The smallest absolute Gasteiger partial charge is 0.222 e. The van der Waals surface area contributed by atoms with E-state index < -0.39 is 0 Å². The highest BCUT2D eigenvalue weighted by atomic mass is 16.1. The molecule has 1 saturated carbocycles. The maximum atomic E-state index is 11.8. The molecule has 1 aliphatic rings.